The minimum absolute atomic E-state index is 0.147. The van der Waals surface area contributed by atoms with Crippen molar-refractivity contribution in [2.75, 3.05) is 13.7 Å². The Morgan fingerprint density at radius 3 is 2.60 bits per heavy atom. The summed E-state index contributed by atoms with van der Waals surface area (Å²) in [6.45, 7) is 5.53. The van der Waals surface area contributed by atoms with Crippen LogP contribution in [-0.4, -0.2) is 25.3 Å². The highest BCUT2D eigenvalue weighted by atomic mass is 16.5. The molecule has 0 radical (unpaired) electrons. The van der Waals surface area contributed by atoms with Crippen LogP contribution in [0.25, 0.3) is 0 Å². The summed E-state index contributed by atoms with van der Waals surface area (Å²) >= 11 is 0. The molecule has 0 amide bonds. The van der Waals surface area contributed by atoms with Crippen LogP contribution >= 0.6 is 0 Å². The van der Waals surface area contributed by atoms with Crippen LogP contribution < -0.4 is 5.32 Å². The molecule has 0 bridgehead atoms. The molecule has 2 heteroatoms. The SMILES string of the molecule is CCCNC(Cc1ccccc1C)CC1(OC)CCC1. The first-order valence-corrected chi connectivity index (χ1v) is 8.02. The van der Waals surface area contributed by atoms with E-state index in [1.54, 1.807) is 0 Å². The average molecular weight is 275 g/mol. The van der Waals surface area contributed by atoms with Gasteiger partial charge in [-0.15, -0.1) is 0 Å². The van der Waals surface area contributed by atoms with Crippen LogP contribution in [0.2, 0.25) is 0 Å². The molecule has 1 fully saturated rings. The molecule has 1 unspecified atom stereocenters. The van der Waals surface area contributed by atoms with E-state index in [4.69, 9.17) is 4.74 Å². The van der Waals surface area contributed by atoms with Crippen molar-refractivity contribution in [2.45, 2.75) is 64.0 Å². The van der Waals surface area contributed by atoms with E-state index in [0.29, 0.717) is 6.04 Å². The Hall–Kier alpha value is -0.860. The van der Waals surface area contributed by atoms with Crippen LogP contribution in [0.4, 0.5) is 0 Å². The number of hydrogen-bond acceptors (Lipinski definition) is 2. The second-order valence-corrected chi connectivity index (χ2v) is 6.23. The second-order valence-electron chi connectivity index (χ2n) is 6.23. The summed E-state index contributed by atoms with van der Waals surface area (Å²) in [6.07, 6.45) is 7.20. The highest BCUT2D eigenvalue weighted by molar-refractivity contribution is 5.26. The Bertz CT molecular complexity index is 406. The third-order valence-electron chi connectivity index (χ3n) is 4.73. The summed E-state index contributed by atoms with van der Waals surface area (Å²) in [4.78, 5) is 0. The van der Waals surface area contributed by atoms with Crippen molar-refractivity contribution < 1.29 is 4.74 Å². The van der Waals surface area contributed by atoms with E-state index in [2.05, 4.69) is 43.4 Å². The van der Waals surface area contributed by atoms with Gasteiger partial charge >= 0.3 is 0 Å². The van der Waals surface area contributed by atoms with Crippen molar-refractivity contribution >= 4 is 0 Å². The zero-order valence-corrected chi connectivity index (χ0v) is 13.2. The number of rotatable bonds is 8. The van der Waals surface area contributed by atoms with E-state index in [1.807, 2.05) is 7.11 Å². The van der Waals surface area contributed by atoms with Gasteiger partial charge in [-0.05, 0) is 63.1 Å². The maximum Gasteiger partial charge on any atom is 0.0693 e. The fraction of sp³-hybridized carbons (Fsp3) is 0.667. The van der Waals surface area contributed by atoms with Gasteiger partial charge < -0.3 is 10.1 Å². The van der Waals surface area contributed by atoms with Crippen LogP contribution in [0, 0.1) is 6.92 Å². The molecule has 20 heavy (non-hydrogen) atoms. The molecular formula is C18H29NO. The van der Waals surface area contributed by atoms with Crippen molar-refractivity contribution in [3.63, 3.8) is 0 Å². The molecule has 1 saturated carbocycles. The quantitative estimate of drug-likeness (QED) is 0.777. The standard InChI is InChI=1S/C18H29NO/c1-4-12-19-17(14-18(20-3)10-7-11-18)13-16-9-6-5-8-15(16)2/h5-6,8-9,17,19H,4,7,10-14H2,1-3H3. The molecule has 0 spiro atoms. The summed E-state index contributed by atoms with van der Waals surface area (Å²) in [5.41, 5.74) is 3.01. The van der Waals surface area contributed by atoms with Gasteiger partial charge in [-0.2, -0.15) is 0 Å². The smallest absolute Gasteiger partial charge is 0.0693 e. The van der Waals surface area contributed by atoms with Crippen LogP contribution in [0.5, 0.6) is 0 Å². The normalized spacial score (nSPS) is 18.6. The van der Waals surface area contributed by atoms with Crippen LogP contribution in [0.15, 0.2) is 24.3 Å². The lowest BCUT2D eigenvalue weighted by atomic mass is 9.74. The Balaban J connectivity index is 2.01. The predicted octanol–water partition coefficient (Wildman–Crippen LogP) is 3.86. The van der Waals surface area contributed by atoms with Gasteiger partial charge in [0.1, 0.15) is 0 Å². The van der Waals surface area contributed by atoms with Gasteiger partial charge in [-0.3, -0.25) is 0 Å². The summed E-state index contributed by atoms with van der Waals surface area (Å²) in [6, 6.07) is 9.26. The summed E-state index contributed by atoms with van der Waals surface area (Å²) in [5, 5.41) is 3.72. The summed E-state index contributed by atoms with van der Waals surface area (Å²) in [5.74, 6) is 0. The molecule has 1 aromatic carbocycles. The second kappa shape index (κ2) is 7.24. The fourth-order valence-electron chi connectivity index (χ4n) is 3.18. The molecule has 1 aliphatic carbocycles. The number of benzene rings is 1. The van der Waals surface area contributed by atoms with Gasteiger partial charge in [0.05, 0.1) is 5.60 Å². The summed E-state index contributed by atoms with van der Waals surface area (Å²) in [7, 11) is 1.88. The van der Waals surface area contributed by atoms with Gasteiger partial charge in [0.2, 0.25) is 0 Å². The van der Waals surface area contributed by atoms with Crippen molar-refractivity contribution in [3.05, 3.63) is 35.4 Å². The summed E-state index contributed by atoms with van der Waals surface area (Å²) < 4.78 is 5.81. The average Bonchev–Trinajstić information content (AvgIpc) is 2.42. The lowest BCUT2D eigenvalue weighted by Crippen LogP contribution is -2.46. The zero-order chi connectivity index (χ0) is 14.4. The number of hydrogen-bond donors (Lipinski definition) is 1. The lowest BCUT2D eigenvalue weighted by molar-refractivity contribution is -0.0834. The molecule has 1 aliphatic rings. The third kappa shape index (κ3) is 3.83. The molecule has 112 valence electrons. The highest BCUT2D eigenvalue weighted by Gasteiger charge is 2.38. The number of aryl methyl sites for hydroxylation is 1. The molecule has 1 atom stereocenters. The molecule has 2 nitrogen and oxygen atoms in total. The van der Waals surface area contributed by atoms with Gasteiger partial charge in [0, 0.05) is 13.2 Å². The minimum atomic E-state index is 0.147. The van der Waals surface area contributed by atoms with Crippen LogP contribution in [0.3, 0.4) is 0 Å². The van der Waals surface area contributed by atoms with E-state index in [1.165, 1.54) is 36.8 Å². The van der Waals surface area contributed by atoms with Crippen molar-refractivity contribution in [1.82, 2.24) is 5.32 Å². The zero-order valence-electron chi connectivity index (χ0n) is 13.2. The first-order valence-electron chi connectivity index (χ1n) is 8.02. The molecule has 0 aliphatic heterocycles. The van der Waals surface area contributed by atoms with E-state index < -0.39 is 0 Å². The highest BCUT2D eigenvalue weighted by Crippen LogP contribution is 2.39. The molecule has 0 aromatic heterocycles. The van der Waals surface area contributed by atoms with E-state index in [9.17, 15) is 0 Å². The van der Waals surface area contributed by atoms with Gasteiger partial charge in [0.25, 0.3) is 0 Å². The minimum Gasteiger partial charge on any atom is -0.378 e. The topological polar surface area (TPSA) is 21.3 Å². The fourth-order valence-corrected chi connectivity index (χ4v) is 3.18. The first-order chi connectivity index (χ1) is 9.69. The van der Waals surface area contributed by atoms with Crippen molar-refractivity contribution in [2.24, 2.45) is 0 Å². The van der Waals surface area contributed by atoms with Crippen LogP contribution in [-0.2, 0) is 11.2 Å². The number of ether oxygens (including phenoxy) is 1. The molecule has 0 saturated heterocycles. The first kappa shape index (κ1) is 15.5. The molecule has 2 rings (SSSR count). The van der Waals surface area contributed by atoms with Gasteiger partial charge in [-0.25, -0.2) is 0 Å². The largest absolute Gasteiger partial charge is 0.378 e. The van der Waals surface area contributed by atoms with Crippen LogP contribution in [0.1, 0.15) is 50.2 Å². The van der Waals surface area contributed by atoms with E-state index in [-0.39, 0.29) is 5.60 Å². The Morgan fingerprint density at radius 1 is 1.30 bits per heavy atom. The lowest BCUT2D eigenvalue weighted by Gasteiger charge is -2.43. The molecule has 0 heterocycles. The van der Waals surface area contributed by atoms with Crippen molar-refractivity contribution in [1.29, 1.82) is 0 Å². The van der Waals surface area contributed by atoms with E-state index >= 15 is 0 Å². The van der Waals surface area contributed by atoms with E-state index in [0.717, 1.165) is 19.4 Å². The van der Waals surface area contributed by atoms with Gasteiger partial charge in [0.15, 0.2) is 0 Å². The Labute approximate surface area is 123 Å². The molecule has 1 N–H and O–H groups in total. The molecular weight excluding hydrogens is 246 g/mol. The Morgan fingerprint density at radius 2 is 2.05 bits per heavy atom. The predicted molar refractivity (Wildman–Crippen MR) is 85.2 cm³/mol. The maximum atomic E-state index is 5.81. The maximum absolute atomic E-state index is 5.81. The third-order valence-corrected chi connectivity index (χ3v) is 4.73. The molecule has 1 aromatic rings. The van der Waals surface area contributed by atoms with Crippen molar-refractivity contribution in [3.8, 4) is 0 Å². The number of nitrogens with one attached hydrogen (secondary N) is 1. The number of methoxy groups -OCH3 is 1. The van der Waals surface area contributed by atoms with Gasteiger partial charge in [-0.1, -0.05) is 31.2 Å². The Kier molecular flexibility index (Phi) is 5.62. The monoisotopic (exact) mass is 275 g/mol.